The van der Waals surface area contributed by atoms with Crippen molar-refractivity contribution in [2.75, 3.05) is 56.7 Å². The topological polar surface area (TPSA) is 73.9 Å². The Bertz CT molecular complexity index is 854. The second-order valence-electron chi connectivity index (χ2n) is 7.27. The average Bonchev–Trinajstić information content (AvgIpc) is 2.73. The van der Waals surface area contributed by atoms with Crippen molar-refractivity contribution < 1.29 is 14.3 Å². The molecular formula is C22H27ClN4O3. The molecule has 3 rings (SSSR count). The van der Waals surface area contributed by atoms with E-state index in [0.717, 1.165) is 43.2 Å². The van der Waals surface area contributed by atoms with Crippen LogP contribution in [0.4, 0.5) is 11.4 Å². The maximum absolute atomic E-state index is 12.3. The van der Waals surface area contributed by atoms with Gasteiger partial charge in [-0.3, -0.25) is 14.5 Å². The molecule has 30 heavy (non-hydrogen) atoms. The van der Waals surface area contributed by atoms with Gasteiger partial charge in [0.25, 0.3) is 0 Å². The Kier molecular flexibility index (Phi) is 8.07. The van der Waals surface area contributed by atoms with E-state index in [2.05, 4.69) is 15.5 Å². The molecule has 7 nitrogen and oxygen atoms in total. The fraction of sp³-hybridized carbons (Fsp3) is 0.364. The molecule has 2 N–H and O–H groups in total. The van der Waals surface area contributed by atoms with Crippen LogP contribution in [-0.2, 0) is 20.9 Å². The highest BCUT2D eigenvalue weighted by Gasteiger charge is 2.13. The number of nitrogens with one attached hydrogen (secondary N) is 2. The molecule has 8 heteroatoms. The van der Waals surface area contributed by atoms with Gasteiger partial charge in [-0.05, 0) is 49.0 Å². The Hall–Kier alpha value is -2.61. The molecule has 1 saturated heterocycles. The fourth-order valence-electron chi connectivity index (χ4n) is 3.23. The first-order valence-corrected chi connectivity index (χ1v) is 10.3. The molecule has 0 unspecified atom stereocenters. The lowest BCUT2D eigenvalue weighted by Crippen LogP contribution is -2.38. The lowest BCUT2D eigenvalue weighted by Gasteiger charge is -2.28. The van der Waals surface area contributed by atoms with Crippen LogP contribution in [0.15, 0.2) is 48.5 Å². The number of morpholine rings is 1. The summed E-state index contributed by atoms with van der Waals surface area (Å²) >= 11 is 5.94. The van der Waals surface area contributed by atoms with Crippen LogP contribution in [0.3, 0.4) is 0 Å². The number of halogens is 1. The van der Waals surface area contributed by atoms with Crippen LogP contribution in [0.1, 0.15) is 5.56 Å². The number of anilines is 2. The number of carbonyl (C=O) groups excluding carboxylic acids is 2. The first kappa shape index (κ1) is 22.1. The predicted octanol–water partition coefficient (Wildman–Crippen LogP) is 2.36. The number of benzene rings is 2. The van der Waals surface area contributed by atoms with E-state index in [-0.39, 0.29) is 24.9 Å². The van der Waals surface area contributed by atoms with Crippen molar-refractivity contribution in [3.63, 3.8) is 0 Å². The van der Waals surface area contributed by atoms with Crippen LogP contribution in [-0.4, -0.2) is 63.2 Å². The van der Waals surface area contributed by atoms with E-state index in [4.69, 9.17) is 16.3 Å². The van der Waals surface area contributed by atoms with Gasteiger partial charge in [0.1, 0.15) is 0 Å². The molecule has 160 valence electrons. The SMILES string of the molecule is CN(CC(=O)NCc1cccc(Cl)c1)CC(=O)Nc1ccc(N2CCOCC2)cc1. The number of ether oxygens (including phenoxy) is 1. The third-order valence-electron chi connectivity index (χ3n) is 4.73. The van der Waals surface area contributed by atoms with Gasteiger partial charge in [0.2, 0.25) is 11.8 Å². The van der Waals surface area contributed by atoms with Gasteiger partial charge in [-0.25, -0.2) is 0 Å². The Morgan fingerprint density at radius 1 is 1.07 bits per heavy atom. The second kappa shape index (κ2) is 11.0. The number of carbonyl (C=O) groups is 2. The molecule has 0 saturated carbocycles. The molecule has 0 aromatic heterocycles. The Morgan fingerprint density at radius 3 is 2.47 bits per heavy atom. The summed E-state index contributed by atoms with van der Waals surface area (Å²) in [5, 5.41) is 6.34. The minimum absolute atomic E-state index is 0.121. The summed E-state index contributed by atoms with van der Waals surface area (Å²) in [6, 6.07) is 15.1. The molecule has 1 fully saturated rings. The summed E-state index contributed by atoms with van der Waals surface area (Å²) in [5.41, 5.74) is 2.78. The first-order chi connectivity index (χ1) is 14.5. The third-order valence-corrected chi connectivity index (χ3v) is 4.97. The van der Waals surface area contributed by atoms with Crippen LogP contribution in [0.2, 0.25) is 5.02 Å². The summed E-state index contributed by atoms with van der Waals surface area (Å²) in [6.07, 6.45) is 0. The molecule has 0 aliphatic carbocycles. The summed E-state index contributed by atoms with van der Waals surface area (Å²) in [5.74, 6) is -0.320. The highest BCUT2D eigenvalue weighted by atomic mass is 35.5. The van der Waals surface area contributed by atoms with Crippen LogP contribution in [0.5, 0.6) is 0 Å². The van der Waals surface area contributed by atoms with E-state index in [1.165, 1.54) is 0 Å². The quantitative estimate of drug-likeness (QED) is 0.672. The number of nitrogens with zero attached hydrogens (tertiary/aromatic N) is 2. The molecule has 2 aromatic rings. The maximum Gasteiger partial charge on any atom is 0.238 e. The van der Waals surface area contributed by atoms with Crippen molar-refractivity contribution in [3.05, 3.63) is 59.1 Å². The van der Waals surface area contributed by atoms with Gasteiger partial charge in [0, 0.05) is 36.0 Å². The molecule has 0 radical (unpaired) electrons. The molecular weight excluding hydrogens is 404 g/mol. The maximum atomic E-state index is 12.3. The van der Waals surface area contributed by atoms with Crippen molar-refractivity contribution in [3.8, 4) is 0 Å². The summed E-state index contributed by atoms with van der Waals surface area (Å²) in [7, 11) is 1.74. The molecule has 2 amide bonds. The number of hydrogen-bond acceptors (Lipinski definition) is 5. The summed E-state index contributed by atoms with van der Waals surface area (Å²) in [4.78, 5) is 28.3. The van der Waals surface area contributed by atoms with Crippen LogP contribution < -0.4 is 15.5 Å². The van der Waals surface area contributed by atoms with Gasteiger partial charge in [0.05, 0.1) is 26.3 Å². The average molecular weight is 431 g/mol. The smallest absolute Gasteiger partial charge is 0.238 e. The van der Waals surface area contributed by atoms with E-state index in [0.29, 0.717) is 11.6 Å². The van der Waals surface area contributed by atoms with Gasteiger partial charge >= 0.3 is 0 Å². The minimum Gasteiger partial charge on any atom is -0.378 e. The van der Waals surface area contributed by atoms with E-state index in [9.17, 15) is 9.59 Å². The van der Waals surface area contributed by atoms with Crippen LogP contribution >= 0.6 is 11.6 Å². The molecule has 0 bridgehead atoms. The number of likely N-dealkylation sites (N-methyl/N-ethyl adjacent to an activating group) is 1. The molecule has 1 aliphatic heterocycles. The number of hydrogen-bond donors (Lipinski definition) is 2. The zero-order valence-corrected chi connectivity index (χ0v) is 17.8. The van der Waals surface area contributed by atoms with Gasteiger partial charge < -0.3 is 20.3 Å². The molecule has 0 spiro atoms. The zero-order valence-electron chi connectivity index (χ0n) is 17.1. The van der Waals surface area contributed by atoms with E-state index < -0.39 is 0 Å². The van der Waals surface area contributed by atoms with Crippen LogP contribution in [0, 0.1) is 0 Å². The van der Waals surface area contributed by atoms with Crippen LogP contribution in [0.25, 0.3) is 0 Å². The molecule has 2 aromatic carbocycles. The number of rotatable bonds is 8. The van der Waals surface area contributed by atoms with E-state index in [1.807, 2.05) is 42.5 Å². The van der Waals surface area contributed by atoms with Crippen molar-refractivity contribution in [1.82, 2.24) is 10.2 Å². The lowest BCUT2D eigenvalue weighted by molar-refractivity contribution is -0.123. The largest absolute Gasteiger partial charge is 0.378 e. The Labute approximate surface area is 181 Å². The molecule has 1 heterocycles. The standard InChI is InChI=1S/C22H27ClN4O3/c1-26(15-21(28)24-14-17-3-2-4-18(23)13-17)16-22(29)25-19-5-7-20(8-6-19)27-9-11-30-12-10-27/h2-8,13H,9-12,14-16H2,1H3,(H,24,28)(H,25,29). The van der Waals surface area contributed by atoms with Gasteiger partial charge in [0.15, 0.2) is 0 Å². The fourth-order valence-corrected chi connectivity index (χ4v) is 3.44. The van der Waals surface area contributed by atoms with Gasteiger partial charge in [-0.2, -0.15) is 0 Å². The third kappa shape index (κ3) is 7.02. The first-order valence-electron chi connectivity index (χ1n) is 9.92. The van der Waals surface area contributed by atoms with E-state index in [1.54, 1.807) is 18.0 Å². The zero-order chi connectivity index (χ0) is 21.3. The monoisotopic (exact) mass is 430 g/mol. The van der Waals surface area contributed by atoms with Crippen molar-refractivity contribution >= 4 is 34.8 Å². The highest BCUT2D eigenvalue weighted by Crippen LogP contribution is 2.19. The van der Waals surface area contributed by atoms with Gasteiger partial charge in [-0.1, -0.05) is 23.7 Å². The second-order valence-corrected chi connectivity index (χ2v) is 7.71. The van der Waals surface area contributed by atoms with E-state index >= 15 is 0 Å². The minimum atomic E-state index is -0.167. The predicted molar refractivity (Wildman–Crippen MR) is 119 cm³/mol. The molecule has 1 aliphatic rings. The Balaban J connectivity index is 1.39. The highest BCUT2D eigenvalue weighted by molar-refractivity contribution is 6.30. The number of amides is 2. The summed E-state index contributed by atoms with van der Waals surface area (Å²) in [6.45, 7) is 3.86. The Morgan fingerprint density at radius 2 is 1.77 bits per heavy atom. The van der Waals surface area contributed by atoms with Crippen molar-refractivity contribution in [1.29, 1.82) is 0 Å². The van der Waals surface area contributed by atoms with Crippen molar-refractivity contribution in [2.24, 2.45) is 0 Å². The normalized spacial score (nSPS) is 13.9. The summed E-state index contributed by atoms with van der Waals surface area (Å²) < 4.78 is 5.37. The molecule has 0 atom stereocenters. The lowest BCUT2D eigenvalue weighted by atomic mass is 10.2. The van der Waals surface area contributed by atoms with Gasteiger partial charge in [-0.15, -0.1) is 0 Å². The van der Waals surface area contributed by atoms with Crippen molar-refractivity contribution in [2.45, 2.75) is 6.54 Å².